The molecule has 0 saturated heterocycles. The summed E-state index contributed by atoms with van der Waals surface area (Å²) < 4.78 is 42.9. The summed E-state index contributed by atoms with van der Waals surface area (Å²) in [4.78, 5) is 13.3. The number of hydrogen-bond donors (Lipinski definition) is 2. The lowest BCUT2D eigenvalue weighted by molar-refractivity contribution is -0.117. The number of rotatable bonds is 9. The topological polar surface area (TPSA) is 110 Å². The Morgan fingerprint density at radius 2 is 1.76 bits per heavy atom. The number of nitrogens with one attached hydrogen (secondary N) is 2. The van der Waals surface area contributed by atoms with Crippen LogP contribution in [0.2, 0.25) is 0 Å². The lowest BCUT2D eigenvalue weighted by atomic mass is 10.1. The summed E-state index contributed by atoms with van der Waals surface area (Å²) >= 11 is 0.934. The van der Waals surface area contributed by atoms with Gasteiger partial charge in [0.25, 0.3) is 0 Å². The van der Waals surface area contributed by atoms with E-state index in [0.717, 1.165) is 17.3 Å². The number of carbonyl (C=O) groups excluding carboxylic acids is 1. The molecule has 0 spiro atoms. The molecule has 0 saturated carbocycles. The predicted octanol–water partition coefficient (Wildman–Crippen LogP) is 3.62. The lowest BCUT2D eigenvalue weighted by Crippen LogP contribution is -2.45. The zero-order chi connectivity index (χ0) is 23.3. The molecule has 1 amide bonds. The van der Waals surface area contributed by atoms with Crippen LogP contribution in [0, 0.1) is 0 Å². The van der Waals surface area contributed by atoms with Crippen LogP contribution in [0.25, 0.3) is 11.0 Å². The van der Waals surface area contributed by atoms with Gasteiger partial charge in [0.15, 0.2) is 0 Å². The Kier molecular flexibility index (Phi) is 6.97. The molecule has 0 unspecified atom stereocenters. The number of amides is 1. The van der Waals surface area contributed by atoms with Crippen molar-refractivity contribution >= 4 is 44.4 Å². The molecule has 4 rings (SSSR count). The monoisotopic (exact) mass is 482 g/mol. The first kappa shape index (κ1) is 22.8. The van der Waals surface area contributed by atoms with Gasteiger partial charge < -0.3 is 10.1 Å². The van der Waals surface area contributed by atoms with Gasteiger partial charge >= 0.3 is 0 Å². The summed E-state index contributed by atoms with van der Waals surface area (Å²) in [6.45, 7) is 2.28. The van der Waals surface area contributed by atoms with Crippen molar-refractivity contribution in [1.29, 1.82) is 0 Å². The molecule has 0 radical (unpaired) electrons. The number of hydrogen-bond acceptors (Lipinski definition) is 7. The van der Waals surface area contributed by atoms with Gasteiger partial charge in [-0.15, -0.1) is 0 Å². The number of sulfonamides is 1. The number of benzene rings is 3. The number of fused-ring (bicyclic) bond motifs is 1. The standard InChI is InChI=1S/C23H22N4O4S2/c1-2-31-20-13-7-6-11-17(20)24-23(28)19(15-16-9-4-3-5-10-16)27-33(29,30)21-14-8-12-18-22(21)26-32-25-18/h3-14,19,27H,2,15H2,1H3,(H,24,28)/t19-/m0/s1. The first-order chi connectivity index (χ1) is 16.0. The number of aromatic nitrogens is 2. The fraction of sp³-hybridized carbons (Fsp3) is 0.174. The Morgan fingerprint density at radius 1 is 1.00 bits per heavy atom. The highest BCUT2D eigenvalue weighted by atomic mass is 32.2. The molecule has 8 nitrogen and oxygen atoms in total. The van der Waals surface area contributed by atoms with E-state index in [1.165, 1.54) is 6.07 Å². The molecule has 1 heterocycles. The second kappa shape index (κ2) is 10.1. The smallest absolute Gasteiger partial charge is 0.243 e. The van der Waals surface area contributed by atoms with Crippen LogP contribution in [0.1, 0.15) is 12.5 Å². The van der Waals surface area contributed by atoms with E-state index in [1.54, 1.807) is 36.4 Å². The van der Waals surface area contributed by atoms with Crippen molar-refractivity contribution in [1.82, 2.24) is 13.5 Å². The molecule has 33 heavy (non-hydrogen) atoms. The number of para-hydroxylation sites is 2. The van der Waals surface area contributed by atoms with Gasteiger partial charge in [-0.25, -0.2) is 8.42 Å². The maximum atomic E-state index is 13.3. The van der Waals surface area contributed by atoms with Gasteiger partial charge in [-0.05, 0) is 43.2 Å². The van der Waals surface area contributed by atoms with Crippen LogP contribution in [-0.2, 0) is 21.2 Å². The number of carbonyl (C=O) groups is 1. The minimum absolute atomic E-state index is 0.0191. The molecule has 4 aromatic rings. The Hall–Kier alpha value is -3.34. The largest absolute Gasteiger partial charge is 0.492 e. The number of nitrogens with zero attached hydrogens (tertiary/aromatic N) is 2. The van der Waals surface area contributed by atoms with Gasteiger partial charge in [-0.2, -0.15) is 13.5 Å². The third-order valence-corrected chi connectivity index (χ3v) is 6.93. The fourth-order valence-electron chi connectivity index (χ4n) is 3.36. The van der Waals surface area contributed by atoms with E-state index in [4.69, 9.17) is 4.74 Å². The molecular weight excluding hydrogens is 460 g/mol. The van der Waals surface area contributed by atoms with Crippen molar-refractivity contribution in [2.45, 2.75) is 24.3 Å². The molecule has 0 aliphatic rings. The van der Waals surface area contributed by atoms with E-state index in [1.807, 2.05) is 37.3 Å². The van der Waals surface area contributed by atoms with Crippen LogP contribution in [0.4, 0.5) is 5.69 Å². The second-order valence-electron chi connectivity index (χ2n) is 7.17. The zero-order valence-corrected chi connectivity index (χ0v) is 19.4. The highest BCUT2D eigenvalue weighted by Gasteiger charge is 2.28. The summed E-state index contributed by atoms with van der Waals surface area (Å²) in [7, 11) is -4.07. The predicted molar refractivity (Wildman–Crippen MR) is 128 cm³/mol. The first-order valence-electron chi connectivity index (χ1n) is 10.3. The molecule has 1 atom stereocenters. The summed E-state index contributed by atoms with van der Waals surface area (Å²) in [6, 6.07) is 19.9. The normalized spacial score (nSPS) is 12.4. The Bertz CT molecular complexity index is 1360. The fourth-order valence-corrected chi connectivity index (χ4v) is 5.32. The van der Waals surface area contributed by atoms with E-state index >= 15 is 0 Å². The molecule has 2 N–H and O–H groups in total. The summed E-state index contributed by atoms with van der Waals surface area (Å²) in [5.74, 6) is 0.00569. The minimum Gasteiger partial charge on any atom is -0.492 e. The lowest BCUT2D eigenvalue weighted by Gasteiger charge is -2.20. The van der Waals surface area contributed by atoms with Crippen LogP contribution < -0.4 is 14.8 Å². The maximum Gasteiger partial charge on any atom is 0.243 e. The molecule has 0 fully saturated rings. The number of anilines is 1. The van der Waals surface area contributed by atoms with Crippen molar-refractivity contribution in [3.05, 3.63) is 78.4 Å². The highest BCUT2D eigenvalue weighted by molar-refractivity contribution is 7.89. The average Bonchev–Trinajstić information content (AvgIpc) is 3.29. The van der Waals surface area contributed by atoms with Crippen molar-refractivity contribution in [3.63, 3.8) is 0 Å². The third-order valence-electron chi connectivity index (χ3n) is 4.88. The molecule has 10 heteroatoms. The van der Waals surface area contributed by atoms with Gasteiger partial charge in [0.1, 0.15) is 27.7 Å². The number of ether oxygens (including phenoxy) is 1. The molecular formula is C23H22N4O4S2. The van der Waals surface area contributed by atoms with E-state index < -0.39 is 22.0 Å². The van der Waals surface area contributed by atoms with E-state index in [-0.39, 0.29) is 16.8 Å². The van der Waals surface area contributed by atoms with Crippen LogP contribution >= 0.6 is 11.7 Å². The highest BCUT2D eigenvalue weighted by Crippen LogP contribution is 2.25. The quantitative estimate of drug-likeness (QED) is 0.377. The summed E-state index contributed by atoms with van der Waals surface area (Å²) in [6.07, 6.45) is 0.161. The van der Waals surface area contributed by atoms with Crippen LogP contribution in [-0.4, -0.2) is 35.7 Å². The van der Waals surface area contributed by atoms with Gasteiger partial charge in [0, 0.05) is 0 Å². The minimum atomic E-state index is -4.07. The molecule has 3 aromatic carbocycles. The third kappa shape index (κ3) is 5.36. The van der Waals surface area contributed by atoms with Gasteiger partial charge in [0.2, 0.25) is 15.9 Å². The summed E-state index contributed by atoms with van der Waals surface area (Å²) in [5.41, 5.74) is 2.03. The van der Waals surface area contributed by atoms with Crippen LogP contribution in [0.5, 0.6) is 5.75 Å². The van der Waals surface area contributed by atoms with Crippen molar-refractivity contribution in [3.8, 4) is 5.75 Å². The summed E-state index contributed by atoms with van der Waals surface area (Å²) in [5, 5.41) is 2.81. The SMILES string of the molecule is CCOc1ccccc1NC(=O)[C@H](Cc1ccccc1)NS(=O)(=O)c1cccc2nsnc12. The van der Waals surface area contributed by atoms with Crippen molar-refractivity contribution in [2.75, 3.05) is 11.9 Å². The zero-order valence-electron chi connectivity index (χ0n) is 17.8. The Balaban J connectivity index is 1.65. The second-order valence-corrected chi connectivity index (χ2v) is 9.38. The first-order valence-corrected chi connectivity index (χ1v) is 12.5. The van der Waals surface area contributed by atoms with Crippen LogP contribution in [0.3, 0.4) is 0 Å². The maximum absolute atomic E-state index is 13.3. The molecule has 0 bridgehead atoms. The van der Waals surface area contributed by atoms with Crippen molar-refractivity contribution in [2.24, 2.45) is 0 Å². The van der Waals surface area contributed by atoms with Gasteiger partial charge in [0.05, 0.1) is 24.0 Å². The van der Waals surface area contributed by atoms with Gasteiger partial charge in [-0.1, -0.05) is 48.5 Å². The molecule has 0 aliphatic carbocycles. The van der Waals surface area contributed by atoms with E-state index in [0.29, 0.717) is 23.6 Å². The van der Waals surface area contributed by atoms with Crippen LogP contribution in [0.15, 0.2) is 77.7 Å². The van der Waals surface area contributed by atoms with E-state index in [2.05, 4.69) is 18.8 Å². The van der Waals surface area contributed by atoms with Crippen molar-refractivity contribution < 1.29 is 17.9 Å². The molecule has 1 aromatic heterocycles. The van der Waals surface area contributed by atoms with Gasteiger partial charge in [-0.3, -0.25) is 4.79 Å². The Morgan fingerprint density at radius 3 is 2.55 bits per heavy atom. The molecule has 170 valence electrons. The average molecular weight is 483 g/mol. The Labute approximate surface area is 196 Å². The van der Waals surface area contributed by atoms with E-state index in [9.17, 15) is 13.2 Å². The molecule has 0 aliphatic heterocycles.